The number of carbonyl (C=O) groups excluding carboxylic acids is 2. The zero-order chi connectivity index (χ0) is 18.1. The lowest BCUT2D eigenvalue weighted by Gasteiger charge is -2.15. The predicted octanol–water partition coefficient (Wildman–Crippen LogP) is 3.88. The molecule has 1 aromatic carbocycles. The number of carbonyl (C=O) groups is 2. The van der Waals surface area contributed by atoms with Crippen LogP contribution in [0.15, 0.2) is 78.4 Å². The van der Waals surface area contributed by atoms with Crippen LogP contribution in [0.1, 0.15) is 24.8 Å². The van der Waals surface area contributed by atoms with Crippen LogP contribution < -0.4 is 0 Å². The highest BCUT2D eigenvalue weighted by Crippen LogP contribution is 2.26. The monoisotopic (exact) mass is 338 g/mol. The highest BCUT2D eigenvalue weighted by molar-refractivity contribution is 5.87. The molecular weight excluding hydrogens is 316 g/mol. The number of benzene rings is 1. The fourth-order valence-electron chi connectivity index (χ4n) is 2.32. The fraction of sp³-hybridized carbons (Fsp3) is 0.238. The summed E-state index contributed by atoms with van der Waals surface area (Å²) in [6, 6.07) is 10.3. The summed E-state index contributed by atoms with van der Waals surface area (Å²) in [7, 11) is 0. The van der Waals surface area contributed by atoms with Crippen molar-refractivity contribution in [1.29, 1.82) is 0 Å². The summed E-state index contributed by atoms with van der Waals surface area (Å²) in [6.45, 7) is 5.07. The summed E-state index contributed by atoms with van der Waals surface area (Å²) in [5, 5.41) is 0. The highest BCUT2D eigenvalue weighted by atomic mass is 16.6. The number of esters is 2. The number of allylic oxidation sites excluding steroid dienone is 5. The van der Waals surface area contributed by atoms with Crippen LogP contribution in [0.4, 0.5) is 0 Å². The van der Waals surface area contributed by atoms with Gasteiger partial charge >= 0.3 is 11.9 Å². The average Bonchev–Trinajstić information content (AvgIpc) is 2.64. The summed E-state index contributed by atoms with van der Waals surface area (Å²) < 4.78 is 9.81. The van der Waals surface area contributed by atoms with Crippen LogP contribution in [-0.2, 0) is 19.1 Å². The van der Waals surface area contributed by atoms with Gasteiger partial charge in [0.15, 0.2) is 0 Å². The van der Waals surface area contributed by atoms with Crippen molar-refractivity contribution in [3.63, 3.8) is 0 Å². The van der Waals surface area contributed by atoms with E-state index in [9.17, 15) is 9.59 Å². The Hall–Kier alpha value is -2.88. The molecule has 130 valence electrons. The second kappa shape index (κ2) is 9.42. The Balaban J connectivity index is 1.72. The molecule has 1 aliphatic carbocycles. The first-order chi connectivity index (χ1) is 12.1. The first kappa shape index (κ1) is 18.5. The predicted molar refractivity (Wildman–Crippen MR) is 96.9 cm³/mol. The molecule has 0 saturated carbocycles. The van der Waals surface area contributed by atoms with Crippen molar-refractivity contribution < 1.29 is 19.1 Å². The lowest BCUT2D eigenvalue weighted by Crippen LogP contribution is -2.13. The van der Waals surface area contributed by atoms with Gasteiger partial charge in [-0.1, -0.05) is 55.1 Å². The zero-order valence-corrected chi connectivity index (χ0v) is 14.3. The molecule has 0 saturated heterocycles. The molecule has 0 fully saturated rings. The molecule has 0 amide bonds. The van der Waals surface area contributed by atoms with Crippen LogP contribution in [0.3, 0.4) is 0 Å². The van der Waals surface area contributed by atoms with Gasteiger partial charge in [-0.3, -0.25) is 0 Å². The Morgan fingerprint density at radius 2 is 1.92 bits per heavy atom. The first-order valence-corrected chi connectivity index (χ1v) is 8.17. The summed E-state index contributed by atoms with van der Waals surface area (Å²) in [6.07, 6.45) is 10.2. The normalized spacial score (nSPS) is 16.4. The Bertz CT molecular complexity index is 711. The number of rotatable bonds is 7. The third-order valence-electron chi connectivity index (χ3n) is 3.68. The van der Waals surface area contributed by atoms with Crippen LogP contribution in [0.5, 0.6) is 0 Å². The van der Waals surface area contributed by atoms with Gasteiger partial charge in [-0.25, -0.2) is 9.59 Å². The average molecular weight is 338 g/mol. The molecule has 25 heavy (non-hydrogen) atoms. The first-order valence-electron chi connectivity index (χ1n) is 8.17. The van der Waals surface area contributed by atoms with Gasteiger partial charge in [-0.15, -0.1) is 0 Å². The molecule has 0 radical (unpaired) electrons. The van der Waals surface area contributed by atoms with Gasteiger partial charge in [-0.2, -0.15) is 0 Å². The quantitative estimate of drug-likeness (QED) is 0.430. The van der Waals surface area contributed by atoms with Crippen molar-refractivity contribution in [3.8, 4) is 0 Å². The van der Waals surface area contributed by atoms with Gasteiger partial charge in [0.25, 0.3) is 0 Å². The topological polar surface area (TPSA) is 52.6 Å². The molecule has 1 atom stereocenters. The van der Waals surface area contributed by atoms with E-state index in [1.165, 1.54) is 11.6 Å². The van der Waals surface area contributed by atoms with E-state index >= 15 is 0 Å². The minimum Gasteiger partial charge on any atom is -0.459 e. The van der Waals surface area contributed by atoms with Crippen molar-refractivity contribution >= 4 is 11.9 Å². The van der Waals surface area contributed by atoms with E-state index < -0.39 is 11.9 Å². The summed E-state index contributed by atoms with van der Waals surface area (Å²) in [5.74, 6) is -0.587. The van der Waals surface area contributed by atoms with E-state index in [0.29, 0.717) is 11.5 Å². The summed E-state index contributed by atoms with van der Waals surface area (Å²) in [4.78, 5) is 22.8. The SMILES string of the molecule is C=C(C)C(=O)OCCOC(=O)/C=C/C1=CCC(c2ccccc2)C=C1. The second-order valence-corrected chi connectivity index (χ2v) is 5.73. The smallest absolute Gasteiger partial charge is 0.333 e. The zero-order valence-electron chi connectivity index (χ0n) is 14.3. The molecule has 0 aromatic heterocycles. The minimum atomic E-state index is -0.489. The second-order valence-electron chi connectivity index (χ2n) is 5.73. The largest absolute Gasteiger partial charge is 0.459 e. The lowest BCUT2D eigenvalue weighted by molar-refractivity contribution is -0.146. The maximum atomic E-state index is 11.6. The van der Waals surface area contributed by atoms with E-state index in [-0.39, 0.29) is 13.2 Å². The Kier molecular flexibility index (Phi) is 6.96. The van der Waals surface area contributed by atoms with Crippen molar-refractivity contribution in [3.05, 3.63) is 84.0 Å². The van der Waals surface area contributed by atoms with Crippen LogP contribution in [-0.4, -0.2) is 25.2 Å². The van der Waals surface area contributed by atoms with E-state index in [1.807, 2.05) is 24.3 Å². The van der Waals surface area contributed by atoms with Gasteiger partial charge < -0.3 is 9.47 Å². The third-order valence-corrected chi connectivity index (χ3v) is 3.68. The van der Waals surface area contributed by atoms with E-state index in [1.54, 1.807) is 13.0 Å². The van der Waals surface area contributed by atoms with E-state index in [2.05, 4.69) is 30.9 Å². The molecule has 2 rings (SSSR count). The highest BCUT2D eigenvalue weighted by Gasteiger charge is 2.10. The lowest BCUT2D eigenvalue weighted by atomic mass is 9.90. The Labute approximate surface area is 148 Å². The molecule has 1 aromatic rings. The van der Waals surface area contributed by atoms with Crippen LogP contribution in [0.25, 0.3) is 0 Å². The molecule has 0 N–H and O–H groups in total. The molecule has 0 aliphatic heterocycles. The maximum absolute atomic E-state index is 11.6. The molecule has 0 heterocycles. The minimum absolute atomic E-state index is 0.0205. The van der Waals surface area contributed by atoms with Crippen molar-refractivity contribution in [1.82, 2.24) is 0 Å². The summed E-state index contributed by atoms with van der Waals surface area (Å²) in [5.41, 5.74) is 2.57. The standard InChI is InChI=1S/C21H22O4/c1-16(2)21(23)25-15-14-24-20(22)13-10-17-8-11-19(12-9-17)18-6-4-3-5-7-18/h3-11,13,19H,1,12,14-15H2,2H3/b13-10+. The van der Waals surface area contributed by atoms with Gasteiger partial charge in [0.1, 0.15) is 13.2 Å². The number of hydrogen-bond donors (Lipinski definition) is 0. The molecule has 4 heteroatoms. The summed E-state index contributed by atoms with van der Waals surface area (Å²) >= 11 is 0. The van der Waals surface area contributed by atoms with Gasteiger partial charge in [0.05, 0.1) is 0 Å². The molecule has 0 spiro atoms. The van der Waals surface area contributed by atoms with Crippen LogP contribution in [0.2, 0.25) is 0 Å². The van der Waals surface area contributed by atoms with Crippen LogP contribution >= 0.6 is 0 Å². The Morgan fingerprint density at radius 1 is 1.20 bits per heavy atom. The van der Waals surface area contributed by atoms with Gasteiger partial charge in [0.2, 0.25) is 0 Å². The van der Waals surface area contributed by atoms with Crippen molar-refractivity contribution in [2.45, 2.75) is 19.3 Å². The van der Waals surface area contributed by atoms with E-state index in [0.717, 1.165) is 12.0 Å². The number of ether oxygens (including phenoxy) is 2. The van der Waals surface area contributed by atoms with Crippen LogP contribution in [0, 0.1) is 0 Å². The number of hydrogen-bond acceptors (Lipinski definition) is 4. The molecule has 4 nitrogen and oxygen atoms in total. The van der Waals surface area contributed by atoms with E-state index in [4.69, 9.17) is 9.47 Å². The molecular formula is C21H22O4. The van der Waals surface area contributed by atoms with Gasteiger partial charge in [-0.05, 0) is 30.6 Å². The maximum Gasteiger partial charge on any atom is 0.333 e. The fourth-order valence-corrected chi connectivity index (χ4v) is 2.32. The third kappa shape index (κ3) is 6.26. The van der Waals surface area contributed by atoms with Crippen molar-refractivity contribution in [2.75, 3.05) is 13.2 Å². The van der Waals surface area contributed by atoms with Crippen molar-refractivity contribution in [2.24, 2.45) is 0 Å². The Morgan fingerprint density at radius 3 is 2.56 bits per heavy atom. The molecule has 1 aliphatic rings. The molecule has 1 unspecified atom stereocenters. The molecule has 0 bridgehead atoms. The van der Waals surface area contributed by atoms with Gasteiger partial charge in [0, 0.05) is 17.6 Å².